The number of benzene rings is 2. The lowest BCUT2D eigenvalue weighted by Gasteiger charge is -2.01. The van der Waals surface area contributed by atoms with E-state index in [1.54, 1.807) is 12.1 Å². The quantitative estimate of drug-likeness (QED) is 0.460. The number of hydrogen-bond acceptors (Lipinski definition) is 7. The molecule has 2 aromatic carbocycles. The van der Waals surface area contributed by atoms with E-state index in [1.165, 1.54) is 6.07 Å². The average molecular weight is 338 g/mol. The lowest BCUT2D eigenvalue weighted by molar-refractivity contribution is 0.344. The summed E-state index contributed by atoms with van der Waals surface area (Å²) in [6, 6.07) is 10.6. The molecule has 0 aliphatic heterocycles. The minimum atomic E-state index is -5.12. The van der Waals surface area contributed by atoms with E-state index in [2.05, 4.69) is 3.63 Å². The lowest BCUT2D eigenvalue weighted by atomic mass is 10.1. The summed E-state index contributed by atoms with van der Waals surface area (Å²) in [6.45, 7) is 0. The highest BCUT2D eigenvalue weighted by Crippen LogP contribution is 2.32. The molecule has 0 aromatic heterocycles. The minimum absolute atomic E-state index is 0.0481. The number of fused-ring (bicyclic) bond motifs is 1. The van der Waals surface area contributed by atoms with Crippen molar-refractivity contribution in [2.45, 2.75) is 0 Å². The maximum Gasteiger partial charge on any atom is 0.413 e. The first-order valence-corrected chi connectivity index (χ1v) is 7.78. The Balaban J connectivity index is 0.000000222. The van der Waals surface area contributed by atoms with Gasteiger partial charge in [0, 0.05) is 5.39 Å². The molecule has 0 saturated heterocycles. The van der Waals surface area contributed by atoms with Crippen LogP contribution in [-0.2, 0) is 24.4 Å². The van der Waals surface area contributed by atoms with E-state index in [9.17, 15) is 21.9 Å². The van der Waals surface area contributed by atoms with Crippen molar-refractivity contribution < 1.29 is 39.8 Å². The van der Waals surface area contributed by atoms with Crippen LogP contribution in [0.2, 0.25) is 0 Å². The number of phenolic OH excluding ortho intramolecular Hbond substituents is 2. The van der Waals surface area contributed by atoms with Crippen molar-refractivity contribution in [1.29, 1.82) is 0 Å². The van der Waals surface area contributed by atoms with Gasteiger partial charge in [0.25, 0.3) is 0 Å². The van der Waals surface area contributed by atoms with Crippen molar-refractivity contribution in [3.8, 4) is 11.5 Å². The molecule has 2 aromatic rings. The van der Waals surface area contributed by atoms with Crippen LogP contribution < -0.4 is 0 Å². The molecular weight excluding hydrogens is 328 g/mol. The summed E-state index contributed by atoms with van der Waals surface area (Å²) in [5.74, 6) is -0.123. The largest absolute Gasteiger partial charge is 0.504 e. The van der Waals surface area contributed by atoms with Gasteiger partial charge in [-0.15, -0.1) is 3.63 Å². The predicted octanol–water partition coefficient (Wildman–Crippen LogP) is 0.860. The summed E-state index contributed by atoms with van der Waals surface area (Å²) in [6.07, 6.45) is 0. The van der Waals surface area contributed by atoms with Gasteiger partial charge in [0.2, 0.25) is 0 Å². The first kappa shape index (κ1) is 17.1. The van der Waals surface area contributed by atoms with E-state index in [0.29, 0.717) is 5.39 Å². The van der Waals surface area contributed by atoms with Crippen molar-refractivity contribution in [2.24, 2.45) is 0 Å². The molecule has 0 fully saturated rings. The van der Waals surface area contributed by atoms with Crippen LogP contribution in [0.4, 0.5) is 0 Å². The smallest absolute Gasteiger partial charge is 0.413 e. The van der Waals surface area contributed by atoms with Gasteiger partial charge in [-0.05, 0) is 11.5 Å². The zero-order valence-electron chi connectivity index (χ0n) is 10.1. The van der Waals surface area contributed by atoms with E-state index in [1.807, 2.05) is 18.2 Å². The van der Waals surface area contributed by atoms with Crippen LogP contribution >= 0.6 is 0 Å². The van der Waals surface area contributed by atoms with Crippen LogP contribution in [0.1, 0.15) is 0 Å². The second-order valence-corrected chi connectivity index (χ2v) is 5.83. The molecule has 0 saturated carbocycles. The predicted molar refractivity (Wildman–Crippen MR) is 71.5 cm³/mol. The summed E-state index contributed by atoms with van der Waals surface area (Å²) in [5, 5.41) is 20.2. The lowest BCUT2D eigenvalue weighted by Crippen LogP contribution is -2.10. The standard InChI is InChI=1S/C10H8O2.H2O7S2/c11-9-6-5-7-3-1-2-4-8(7)10(9)12;1-8(2,3)7-9(4,5)6/h1-6,11-12H;(H,1,2,3)(H,4,5,6). The Labute approximate surface area is 119 Å². The summed E-state index contributed by atoms with van der Waals surface area (Å²) >= 11 is 0. The summed E-state index contributed by atoms with van der Waals surface area (Å²) in [7, 11) is -10.2. The first-order chi connectivity index (χ1) is 9.49. The van der Waals surface area contributed by atoms with Gasteiger partial charge in [-0.3, -0.25) is 9.11 Å². The molecule has 0 amide bonds. The van der Waals surface area contributed by atoms with E-state index in [4.69, 9.17) is 14.2 Å². The molecule has 0 radical (unpaired) electrons. The fraction of sp³-hybridized carbons (Fsp3) is 0. The van der Waals surface area contributed by atoms with Gasteiger partial charge in [-0.1, -0.05) is 30.3 Å². The van der Waals surface area contributed by atoms with Gasteiger partial charge in [0.1, 0.15) is 0 Å². The Kier molecular flexibility index (Phi) is 5.09. The number of hydrogen-bond donors (Lipinski definition) is 4. The highest BCUT2D eigenvalue weighted by Gasteiger charge is 2.15. The topological polar surface area (TPSA) is 158 Å². The van der Waals surface area contributed by atoms with Crippen molar-refractivity contribution in [3.05, 3.63) is 36.4 Å². The molecule has 0 bridgehead atoms. The third kappa shape index (κ3) is 5.93. The molecule has 2 rings (SSSR count). The SMILES string of the molecule is O=S(=O)(O)OS(=O)(=O)O.Oc1ccc2ccccc2c1O. The maximum atomic E-state index is 9.44. The third-order valence-corrected chi connectivity index (χ3v) is 3.43. The highest BCUT2D eigenvalue weighted by molar-refractivity contribution is 7.94. The molecule has 0 atom stereocenters. The van der Waals surface area contributed by atoms with Gasteiger partial charge in [0.05, 0.1) is 0 Å². The zero-order chi connectivity index (χ0) is 16.3. The second kappa shape index (κ2) is 6.24. The molecule has 0 aliphatic rings. The van der Waals surface area contributed by atoms with Crippen molar-refractivity contribution in [2.75, 3.05) is 0 Å². The van der Waals surface area contributed by atoms with Gasteiger partial charge < -0.3 is 10.2 Å². The average Bonchev–Trinajstić information content (AvgIpc) is 2.30. The number of phenols is 2. The van der Waals surface area contributed by atoms with Gasteiger partial charge in [0.15, 0.2) is 11.5 Å². The first-order valence-electron chi connectivity index (χ1n) is 5.05. The van der Waals surface area contributed by atoms with Crippen molar-refractivity contribution in [3.63, 3.8) is 0 Å². The van der Waals surface area contributed by atoms with Crippen LogP contribution in [0.5, 0.6) is 11.5 Å². The molecule has 21 heavy (non-hydrogen) atoms. The van der Waals surface area contributed by atoms with Crippen LogP contribution in [0, 0.1) is 0 Å². The third-order valence-electron chi connectivity index (χ3n) is 2.05. The molecule has 9 nitrogen and oxygen atoms in total. The maximum absolute atomic E-state index is 9.44. The highest BCUT2D eigenvalue weighted by atomic mass is 32.3. The minimum Gasteiger partial charge on any atom is -0.504 e. The zero-order valence-corrected chi connectivity index (χ0v) is 11.7. The molecule has 0 spiro atoms. The van der Waals surface area contributed by atoms with E-state index in [-0.39, 0.29) is 11.5 Å². The van der Waals surface area contributed by atoms with Crippen molar-refractivity contribution in [1.82, 2.24) is 0 Å². The van der Waals surface area contributed by atoms with Crippen molar-refractivity contribution >= 4 is 31.6 Å². The Hall–Kier alpha value is -1.92. The molecule has 0 unspecified atom stereocenters. The van der Waals surface area contributed by atoms with E-state index in [0.717, 1.165) is 5.39 Å². The Bertz CT molecular complexity index is 810. The second-order valence-electron chi connectivity index (χ2n) is 3.58. The molecule has 0 heterocycles. The summed E-state index contributed by atoms with van der Waals surface area (Å²) in [5.41, 5.74) is 0. The van der Waals surface area contributed by atoms with Crippen LogP contribution in [0.15, 0.2) is 36.4 Å². The number of aromatic hydroxyl groups is 2. The Morgan fingerprint density at radius 1 is 0.810 bits per heavy atom. The molecule has 116 valence electrons. The van der Waals surface area contributed by atoms with E-state index >= 15 is 0 Å². The molecule has 0 aliphatic carbocycles. The molecule has 4 N–H and O–H groups in total. The van der Waals surface area contributed by atoms with E-state index < -0.39 is 20.8 Å². The fourth-order valence-corrected chi connectivity index (χ4v) is 2.22. The normalized spacial score (nSPS) is 11.7. The van der Waals surface area contributed by atoms with Gasteiger partial charge in [-0.25, -0.2) is 0 Å². The van der Waals surface area contributed by atoms with Crippen LogP contribution in [0.25, 0.3) is 10.8 Å². The summed E-state index contributed by atoms with van der Waals surface area (Å²) < 4.78 is 55.6. The van der Waals surface area contributed by atoms with Crippen LogP contribution in [-0.4, -0.2) is 36.2 Å². The van der Waals surface area contributed by atoms with Gasteiger partial charge >= 0.3 is 20.8 Å². The Morgan fingerprint density at radius 3 is 1.81 bits per heavy atom. The number of rotatable bonds is 2. The fourth-order valence-electron chi connectivity index (χ4n) is 1.35. The summed E-state index contributed by atoms with van der Waals surface area (Å²) in [4.78, 5) is 0. The molecule has 11 heteroatoms. The molecular formula is C10H10O9S2. The van der Waals surface area contributed by atoms with Gasteiger partial charge in [-0.2, -0.15) is 16.8 Å². The van der Waals surface area contributed by atoms with Crippen LogP contribution in [0.3, 0.4) is 0 Å². The monoisotopic (exact) mass is 338 g/mol. The Morgan fingerprint density at radius 2 is 1.33 bits per heavy atom.